The van der Waals surface area contributed by atoms with Crippen molar-refractivity contribution >= 4 is 18.3 Å². The summed E-state index contributed by atoms with van der Waals surface area (Å²) in [7, 11) is 1.63. The second kappa shape index (κ2) is 9.50. The number of benzene rings is 1. The van der Waals surface area contributed by atoms with Gasteiger partial charge in [0.05, 0.1) is 19.2 Å². The lowest BCUT2D eigenvalue weighted by atomic mass is 10.1. The van der Waals surface area contributed by atoms with Gasteiger partial charge in [0.25, 0.3) is 0 Å². The van der Waals surface area contributed by atoms with Crippen LogP contribution in [-0.4, -0.2) is 45.9 Å². The Morgan fingerprint density at radius 3 is 2.77 bits per heavy atom. The highest BCUT2D eigenvalue weighted by Crippen LogP contribution is 2.32. The summed E-state index contributed by atoms with van der Waals surface area (Å²) in [6.07, 6.45) is 0. The van der Waals surface area contributed by atoms with Crippen LogP contribution in [0.1, 0.15) is 18.5 Å². The lowest BCUT2D eigenvalue weighted by molar-refractivity contribution is -0.120. The molecule has 2 rings (SSSR count). The van der Waals surface area contributed by atoms with Crippen molar-refractivity contribution in [2.24, 2.45) is 0 Å². The SMILES string of the molecule is COCCNCC(=O)NC(C)c1ccc2c(c1)OCCO2.Cl. The van der Waals surface area contributed by atoms with E-state index in [0.717, 1.165) is 17.1 Å². The second-order valence-corrected chi connectivity index (χ2v) is 4.86. The van der Waals surface area contributed by atoms with Crippen LogP contribution in [0.2, 0.25) is 0 Å². The Morgan fingerprint density at radius 2 is 2.05 bits per heavy atom. The molecule has 1 amide bonds. The second-order valence-electron chi connectivity index (χ2n) is 4.86. The molecule has 1 aromatic rings. The van der Waals surface area contributed by atoms with Gasteiger partial charge in [0.1, 0.15) is 13.2 Å². The van der Waals surface area contributed by atoms with Crippen LogP contribution in [0.3, 0.4) is 0 Å². The number of hydrogen-bond acceptors (Lipinski definition) is 5. The third kappa shape index (κ3) is 5.36. The Kier molecular flexibility index (Phi) is 8.01. The molecule has 124 valence electrons. The Balaban J connectivity index is 0.00000242. The molecule has 1 atom stereocenters. The van der Waals surface area contributed by atoms with Gasteiger partial charge in [-0.05, 0) is 24.6 Å². The molecule has 1 aliphatic heterocycles. The van der Waals surface area contributed by atoms with Crippen molar-refractivity contribution in [3.8, 4) is 11.5 Å². The molecule has 7 heteroatoms. The Hall–Kier alpha value is -1.50. The molecule has 0 radical (unpaired) electrons. The number of ether oxygens (including phenoxy) is 3. The first-order chi connectivity index (χ1) is 10.2. The first-order valence-electron chi connectivity index (χ1n) is 7.09. The van der Waals surface area contributed by atoms with Crippen LogP contribution < -0.4 is 20.1 Å². The van der Waals surface area contributed by atoms with Gasteiger partial charge in [0.2, 0.25) is 5.91 Å². The number of carbonyl (C=O) groups excluding carboxylic acids is 1. The maximum Gasteiger partial charge on any atom is 0.234 e. The fraction of sp³-hybridized carbons (Fsp3) is 0.533. The molecule has 0 spiro atoms. The summed E-state index contributed by atoms with van der Waals surface area (Å²) in [5.41, 5.74) is 0.990. The summed E-state index contributed by atoms with van der Waals surface area (Å²) in [4.78, 5) is 11.8. The van der Waals surface area contributed by atoms with E-state index in [0.29, 0.717) is 26.4 Å². The molecule has 0 saturated heterocycles. The summed E-state index contributed by atoms with van der Waals surface area (Å²) in [6.45, 7) is 4.59. The highest BCUT2D eigenvalue weighted by Gasteiger charge is 2.15. The Labute approximate surface area is 136 Å². The first kappa shape index (κ1) is 18.5. The molecule has 0 fully saturated rings. The quantitative estimate of drug-likeness (QED) is 0.737. The van der Waals surface area contributed by atoms with Gasteiger partial charge in [0, 0.05) is 13.7 Å². The third-order valence-corrected chi connectivity index (χ3v) is 3.21. The van der Waals surface area contributed by atoms with Crippen molar-refractivity contribution in [2.45, 2.75) is 13.0 Å². The van der Waals surface area contributed by atoms with E-state index in [4.69, 9.17) is 14.2 Å². The first-order valence-corrected chi connectivity index (χ1v) is 7.09. The van der Waals surface area contributed by atoms with E-state index in [1.54, 1.807) is 7.11 Å². The predicted octanol–water partition coefficient (Wildman–Crippen LogP) is 1.29. The van der Waals surface area contributed by atoms with E-state index < -0.39 is 0 Å². The highest BCUT2D eigenvalue weighted by molar-refractivity contribution is 5.85. The summed E-state index contributed by atoms with van der Waals surface area (Å²) in [6, 6.07) is 5.65. The molecule has 0 aromatic heterocycles. The molecule has 0 bridgehead atoms. The van der Waals surface area contributed by atoms with Gasteiger partial charge >= 0.3 is 0 Å². The van der Waals surface area contributed by atoms with Crippen molar-refractivity contribution in [3.05, 3.63) is 23.8 Å². The van der Waals surface area contributed by atoms with Gasteiger partial charge in [-0.1, -0.05) is 6.07 Å². The number of halogens is 1. The smallest absolute Gasteiger partial charge is 0.234 e. The predicted molar refractivity (Wildman–Crippen MR) is 86.0 cm³/mol. The van der Waals surface area contributed by atoms with Crippen molar-refractivity contribution in [2.75, 3.05) is 40.0 Å². The molecule has 1 aromatic carbocycles. The molecule has 2 N–H and O–H groups in total. The summed E-state index contributed by atoms with van der Waals surface area (Å²) in [5, 5.41) is 5.95. The number of nitrogens with one attached hydrogen (secondary N) is 2. The molecule has 1 unspecified atom stereocenters. The van der Waals surface area contributed by atoms with Gasteiger partial charge in [-0.2, -0.15) is 0 Å². The number of rotatable bonds is 7. The van der Waals surface area contributed by atoms with Crippen LogP contribution in [0.25, 0.3) is 0 Å². The molecular weight excluding hydrogens is 308 g/mol. The van der Waals surface area contributed by atoms with Crippen molar-refractivity contribution in [3.63, 3.8) is 0 Å². The Bertz CT molecular complexity index is 485. The standard InChI is InChI=1S/C15H22N2O4.ClH/c1-11(17-15(18)10-16-5-6-19-2)12-3-4-13-14(9-12)21-8-7-20-13;/h3-4,9,11,16H,5-8,10H2,1-2H3,(H,17,18);1H. The topological polar surface area (TPSA) is 68.8 Å². The summed E-state index contributed by atoms with van der Waals surface area (Å²) in [5.74, 6) is 1.44. The zero-order chi connectivity index (χ0) is 15.1. The summed E-state index contributed by atoms with van der Waals surface area (Å²) >= 11 is 0. The van der Waals surface area contributed by atoms with E-state index in [-0.39, 0.29) is 30.9 Å². The lowest BCUT2D eigenvalue weighted by Gasteiger charge is -2.21. The number of fused-ring (bicyclic) bond motifs is 1. The minimum absolute atomic E-state index is 0. The fourth-order valence-corrected chi connectivity index (χ4v) is 2.08. The molecule has 1 heterocycles. The normalized spacial score (nSPS) is 13.9. The van der Waals surface area contributed by atoms with Crippen LogP contribution in [-0.2, 0) is 9.53 Å². The highest BCUT2D eigenvalue weighted by atomic mass is 35.5. The van der Waals surface area contributed by atoms with Crippen LogP contribution >= 0.6 is 12.4 Å². The van der Waals surface area contributed by atoms with Crippen LogP contribution in [0, 0.1) is 0 Å². The maximum atomic E-state index is 11.8. The van der Waals surface area contributed by atoms with Crippen LogP contribution in [0.4, 0.5) is 0 Å². The van der Waals surface area contributed by atoms with Gasteiger partial charge in [-0.25, -0.2) is 0 Å². The average molecular weight is 331 g/mol. The van der Waals surface area contributed by atoms with E-state index in [1.165, 1.54) is 0 Å². The zero-order valence-corrected chi connectivity index (χ0v) is 13.7. The van der Waals surface area contributed by atoms with Gasteiger partial charge in [-0.15, -0.1) is 12.4 Å². The number of methoxy groups -OCH3 is 1. The molecule has 0 saturated carbocycles. The van der Waals surface area contributed by atoms with Gasteiger partial charge < -0.3 is 24.8 Å². The third-order valence-electron chi connectivity index (χ3n) is 3.21. The number of hydrogen-bond donors (Lipinski definition) is 2. The van der Waals surface area contributed by atoms with E-state index in [9.17, 15) is 4.79 Å². The molecule has 1 aliphatic rings. The largest absolute Gasteiger partial charge is 0.486 e. The average Bonchev–Trinajstić information content (AvgIpc) is 2.51. The van der Waals surface area contributed by atoms with Crippen molar-refractivity contribution in [1.29, 1.82) is 0 Å². The molecule has 0 aliphatic carbocycles. The van der Waals surface area contributed by atoms with Crippen molar-refractivity contribution < 1.29 is 19.0 Å². The maximum absolute atomic E-state index is 11.8. The molecule has 6 nitrogen and oxygen atoms in total. The van der Waals surface area contributed by atoms with Gasteiger partial charge in [-0.3, -0.25) is 4.79 Å². The Morgan fingerprint density at radius 1 is 1.32 bits per heavy atom. The molecule has 22 heavy (non-hydrogen) atoms. The van der Waals surface area contributed by atoms with Crippen LogP contribution in [0.15, 0.2) is 18.2 Å². The van der Waals surface area contributed by atoms with Crippen LogP contribution in [0.5, 0.6) is 11.5 Å². The molecular formula is C15H23ClN2O4. The minimum atomic E-state index is -0.0856. The van der Waals surface area contributed by atoms with E-state index in [2.05, 4.69) is 10.6 Å². The number of carbonyl (C=O) groups is 1. The van der Waals surface area contributed by atoms with E-state index in [1.807, 2.05) is 25.1 Å². The lowest BCUT2D eigenvalue weighted by Crippen LogP contribution is -2.36. The zero-order valence-electron chi connectivity index (χ0n) is 12.9. The van der Waals surface area contributed by atoms with Crippen molar-refractivity contribution in [1.82, 2.24) is 10.6 Å². The van der Waals surface area contributed by atoms with Gasteiger partial charge in [0.15, 0.2) is 11.5 Å². The monoisotopic (exact) mass is 330 g/mol. The van der Waals surface area contributed by atoms with E-state index >= 15 is 0 Å². The summed E-state index contributed by atoms with van der Waals surface area (Å²) < 4.78 is 15.9. The fourth-order valence-electron chi connectivity index (χ4n) is 2.08. The minimum Gasteiger partial charge on any atom is -0.486 e. The number of amides is 1.